The largest absolute Gasteiger partial charge is 0.416 e. The van der Waals surface area contributed by atoms with E-state index in [9.17, 15) is 23.1 Å². The van der Waals surface area contributed by atoms with Gasteiger partial charge in [-0.1, -0.05) is 24.0 Å². The molecule has 9 nitrogen and oxygen atoms in total. The van der Waals surface area contributed by atoms with Crippen LogP contribution in [0.25, 0.3) is 11.0 Å². The number of rotatable bonds is 5. The van der Waals surface area contributed by atoms with Gasteiger partial charge in [0.2, 0.25) is 0 Å². The molecule has 0 radical (unpaired) electrons. The second kappa shape index (κ2) is 13.4. The van der Waals surface area contributed by atoms with Crippen LogP contribution in [0.4, 0.5) is 24.7 Å². The molecule has 4 aromatic rings. The van der Waals surface area contributed by atoms with Gasteiger partial charge < -0.3 is 25.6 Å². The molecule has 4 N–H and O–H groups in total. The number of nitrogens with zero attached hydrogens (tertiary/aromatic N) is 5. The normalized spacial score (nSPS) is 19.4. The zero-order valence-electron chi connectivity index (χ0n) is 26.4. The number of anilines is 2. The van der Waals surface area contributed by atoms with Crippen molar-refractivity contribution in [3.8, 4) is 11.8 Å². The molecule has 47 heavy (non-hydrogen) atoms. The van der Waals surface area contributed by atoms with Crippen molar-refractivity contribution in [3.05, 3.63) is 82.3 Å². The number of halogens is 3. The summed E-state index contributed by atoms with van der Waals surface area (Å²) in [5.74, 6) is 6.06. The monoisotopic (exact) mass is 645 g/mol. The lowest BCUT2D eigenvalue weighted by Gasteiger charge is -2.33. The quantitative estimate of drug-likeness (QED) is 0.255. The van der Waals surface area contributed by atoms with Crippen LogP contribution < -0.4 is 11.1 Å². The Morgan fingerprint density at radius 1 is 1.02 bits per heavy atom. The second-order valence-corrected chi connectivity index (χ2v) is 12.6. The number of nitrogen functional groups attached to an aromatic ring is 1. The van der Waals surface area contributed by atoms with Gasteiger partial charge in [0, 0.05) is 61.8 Å². The Hall–Kier alpha value is -4.44. The van der Waals surface area contributed by atoms with Crippen LogP contribution in [0.5, 0.6) is 0 Å². The van der Waals surface area contributed by atoms with E-state index in [4.69, 9.17) is 5.73 Å². The molecule has 1 saturated heterocycles. The minimum absolute atomic E-state index is 0.0776. The van der Waals surface area contributed by atoms with Crippen LogP contribution in [0.1, 0.15) is 69.9 Å². The van der Waals surface area contributed by atoms with E-state index in [1.165, 1.54) is 18.5 Å². The van der Waals surface area contributed by atoms with Crippen molar-refractivity contribution in [1.82, 2.24) is 24.3 Å². The number of piperazine rings is 1. The first kappa shape index (κ1) is 32.5. The van der Waals surface area contributed by atoms with Crippen molar-refractivity contribution in [2.24, 2.45) is 0 Å². The highest BCUT2D eigenvalue weighted by molar-refractivity contribution is 6.04. The lowest BCUT2D eigenvalue weighted by molar-refractivity contribution is -0.138. The predicted molar refractivity (Wildman–Crippen MR) is 175 cm³/mol. The summed E-state index contributed by atoms with van der Waals surface area (Å²) >= 11 is 0. The second-order valence-electron chi connectivity index (χ2n) is 12.6. The topological polar surface area (TPSA) is 113 Å². The zero-order valence-corrected chi connectivity index (χ0v) is 26.4. The number of fused-ring (bicyclic) bond motifs is 1. The number of aryl methyl sites for hydroxylation is 1. The molecule has 1 aliphatic carbocycles. The van der Waals surface area contributed by atoms with Crippen molar-refractivity contribution in [2.45, 2.75) is 57.5 Å². The lowest BCUT2D eigenvalue weighted by atomic mass is 9.93. The van der Waals surface area contributed by atoms with Crippen LogP contribution in [0.2, 0.25) is 0 Å². The smallest absolute Gasteiger partial charge is 0.393 e. The Kier molecular flexibility index (Phi) is 9.23. The van der Waals surface area contributed by atoms with Crippen molar-refractivity contribution in [2.75, 3.05) is 44.3 Å². The third-order valence-corrected chi connectivity index (χ3v) is 9.19. The summed E-state index contributed by atoms with van der Waals surface area (Å²) in [5, 5.41) is 13.4. The first-order valence-corrected chi connectivity index (χ1v) is 15.8. The molecule has 1 saturated carbocycles. The summed E-state index contributed by atoms with van der Waals surface area (Å²) in [6.45, 7) is 5.02. The van der Waals surface area contributed by atoms with Gasteiger partial charge in [-0.3, -0.25) is 9.69 Å². The van der Waals surface area contributed by atoms with Crippen LogP contribution in [0.15, 0.2) is 48.9 Å². The number of aliphatic hydroxyl groups is 1. The molecule has 1 amide bonds. The van der Waals surface area contributed by atoms with Crippen LogP contribution in [-0.2, 0) is 12.7 Å². The number of hydrogen-bond acceptors (Lipinski definition) is 7. The molecule has 2 aromatic carbocycles. The fourth-order valence-electron chi connectivity index (χ4n) is 6.36. The van der Waals surface area contributed by atoms with Gasteiger partial charge >= 0.3 is 6.18 Å². The molecule has 2 aromatic heterocycles. The maximum Gasteiger partial charge on any atom is 0.416 e. The summed E-state index contributed by atoms with van der Waals surface area (Å²) in [6.07, 6.45) is 1.51. The van der Waals surface area contributed by atoms with Crippen molar-refractivity contribution in [3.63, 3.8) is 0 Å². The van der Waals surface area contributed by atoms with Gasteiger partial charge in [0.15, 0.2) is 0 Å². The van der Waals surface area contributed by atoms with Crippen LogP contribution >= 0.6 is 0 Å². The van der Waals surface area contributed by atoms with E-state index in [1.54, 1.807) is 18.2 Å². The number of benzene rings is 2. The number of nitrogens with two attached hydrogens (primary N) is 1. The van der Waals surface area contributed by atoms with E-state index in [0.29, 0.717) is 59.6 Å². The van der Waals surface area contributed by atoms with E-state index < -0.39 is 17.6 Å². The maximum absolute atomic E-state index is 14.1. The maximum atomic E-state index is 14.1. The van der Waals surface area contributed by atoms with Crippen molar-refractivity contribution in [1.29, 1.82) is 0 Å². The number of alkyl halides is 3. The Labute approximate surface area is 271 Å². The van der Waals surface area contributed by atoms with Gasteiger partial charge in [-0.05, 0) is 75.0 Å². The number of carbonyl (C=O) groups excluding carboxylic acids is 1. The van der Waals surface area contributed by atoms with Gasteiger partial charge in [0.1, 0.15) is 17.8 Å². The van der Waals surface area contributed by atoms with Crippen LogP contribution in [0.3, 0.4) is 0 Å². The Morgan fingerprint density at radius 2 is 1.74 bits per heavy atom. The van der Waals surface area contributed by atoms with E-state index in [0.717, 1.165) is 37.6 Å². The first-order chi connectivity index (χ1) is 22.5. The molecule has 0 unspecified atom stereocenters. The summed E-state index contributed by atoms with van der Waals surface area (Å²) in [4.78, 5) is 26.0. The van der Waals surface area contributed by atoms with Gasteiger partial charge in [0.05, 0.1) is 22.6 Å². The number of likely N-dealkylation sites (N-methyl/N-ethyl adjacent to an activating group) is 1. The molecular weight excluding hydrogens is 607 g/mol. The predicted octanol–water partition coefficient (Wildman–Crippen LogP) is 5.22. The average molecular weight is 646 g/mol. The molecular formula is C35H38F3N7O2. The van der Waals surface area contributed by atoms with Gasteiger partial charge in [-0.2, -0.15) is 13.2 Å². The molecule has 0 bridgehead atoms. The van der Waals surface area contributed by atoms with Gasteiger partial charge in [0.25, 0.3) is 5.91 Å². The molecule has 2 aliphatic rings. The number of carbonyl (C=O) groups is 1. The van der Waals surface area contributed by atoms with Crippen LogP contribution in [0, 0.1) is 18.8 Å². The molecule has 6 rings (SSSR count). The number of hydrogen-bond donors (Lipinski definition) is 3. The minimum Gasteiger partial charge on any atom is -0.393 e. The SMILES string of the molecule is Cc1ccc(NC(=O)c2ccc(CN3CCN(C)CC3)c(C(F)(F)F)c2)cc1C#Cc1cn(C2CCC(O)CC2)c2ncnc(N)c12. The minimum atomic E-state index is -4.60. The summed E-state index contributed by atoms with van der Waals surface area (Å²) < 4.78 is 44.4. The summed E-state index contributed by atoms with van der Waals surface area (Å²) in [7, 11) is 1.99. The van der Waals surface area contributed by atoms with Crippen molar-refractivity contribution >= 4 is 28.4 Å². The molecule has 0 spiro atoms. The number of nitrogens with one attached hydrogen (secondary N) is 1. The van der Waals surface area contributed by atoms with E-state index in [-0.39, 0.29) is 29.8 Å². The molecule has 246 valence electrons. The summed E-state index contributed by atoms with van der Waals surface area (Å²) in [5.41, 5.74) is 8.79. The summed E-state index contributed by atoms with van der Waals surface area (Å²) in [6, 6.07) is 9.14. The molecule has 2 fully saturated rings. The molecule has 1 aliphatic heterocycles. The standard InChI is InChI=1S/C35H38F3N7O2/c1-22-3-8-27(42-34(47)24-5-6-25(30(18-24)35(36,37)38)19-44-15-13-43(2)14-16-44)17-23(22)4-7-26-20-45(28-9-11-29(46)12-10-28)33-31(26)32(39)40-21-41-33/h3,5-6,8,17-18,20-21,28-29,46H,9-16,19H2,1-2H3,(H,42,47)(H2,39,40,41). The highest BCUT2D eigenvalue weighted by atomic mass is 19.4. The number of aliphatic hydroxyl groups excluding tert-OH is 1. The molecule has 0 atom stereocenters. The fourth-order valence-corrected chi connectivity index (χ4v) is 6.36. The highest BCUT2D eigenvalue weighted by Crippen LogP contribution is 2.35. The zero-order chi connectivity index (χ0) is 33.3. The highest BCUT2D eigenvalue weighted by Gasteiger charge is 2.35. The Bertz CT molecular complexity index is 1840. The van der Waals surface area contributed by atoms with Gasteiger partial charge in [-0.15, -0.1) is 0 Å². The third-order valence-electron chi connectivity index (χ3n) is 9.19. The van der Waals surface area contributed by atoms with Crippen LogP contribution in [-0.4, -0.2) is 74.7 Å². The van der Waals surface area contributed by atoms with E-state index in [1.807, 2.05) is 25.1 Å². The lowest BCUT2D eigenvalue weighted by Crippen LogP contribution is -2.44. The molecule has 3 heterocycles. The first-order valence-electron chi connectivity index (χ1n) is 15.8. The fraction of sp³-hybridized carbons (Fsp3) is 0.400. The Balaban J connectivity index is 1.23. The van der Waals surface area contributed by atoms with Crippen molar-refractivity contribution < 1.29 is 23.1 Å². The molecule has 12 heteroatoms. The third kappa shape index (κ3) is 7.27. The number of amides is 1. The average Bonchev–Trinajstić information content (AvgIpc) is 3.42. The Morgan fingerprint density at radius 3 is 2.47 bits per heavy atom. The van der Waals surface area contributed by atoms with E-state index in [2.05, 4.69) is 36.6 Å². The van der Waals surface area contributed by atoms with Gasteiger partial charge in [-0.25, -0.2) is 9.97 Å². The van der Waals surface area contributed by atoms with E-state index >= 15 is 0 Å². The number of aromatic nitrogens is 3.